The maximum Gasteiger partial charge on any atom is 0.149 e. The SMILES string of the molecule is CNCc1ccccc1-c1csc([C@@H](C)Nc2ncc(F)c3ccc(N4CCOCC4)cc23)c1. The van der Waals surface area contributed by atoms with E-state index < -0.39 is 0 Å². The number of aromatic nitrogens is 1. The van der Waals surface area contributed by atoms with E-state index in [-0.39, 0.29) is 11.9 Å². The van der Waals surface area contributed by atoms with E-state index in [1.54, 1.807) is 11.3 Å². The smallest absolute Gasteiger partial charge is 0.149 e. The molecule has 5 nitrogen and oxygen atoms in total. The minimum Gasteiger partial charge on any atom is -0.378 e. The molecule has 0 bridgehead atoms. The largest absolute Gasteiger partial charge is 0.378 e. The number of halogens is 1. The van der Waals surface area contributed by atoms with Gasteiger partial charge in [-0.25, -0.2) is 9.37 Å². The van der Waals surface area contributed by atoms with Gasteiger partial charge in [-0.15, -0.1) is 11.3 Å². The maximum atomic E-state index is 14.6. The molecule has 0 unspecified atom stereocenters. The number of nitrogens with one attached hydrogen (secondary N) is 2. The Morgan fingerprint density at radius 3 is 2.76 bits per heavy atom. The van der Waals surface area contributed by atoms with Crippen LogP contribution in [0, 0.1) is 5.82 Å². The van der Waals surface area contributed by atoms with Crippen LogP contribution in [0.2, 0.25) is 0 Å². The molecule has 0 saturated carbocycles. The predicted octanol–water partition coefficient (Wildman–Crippen LogP) is 5.83. The van der Waals surface area contributed by atoms with E-state index in [2.05, 4.69) is 63.2 Å². The van der Waals surface area contributed by atoms with Crippen molar-refractivity contribution < 1.29 is 9.13 Å². The van der Waals surface area contributed by atoms with E-state index in [1.807, 2.05) is 25.2 Å². The van der Waals surface area contributed by atoms with Gasteiger partial charge in [0.1, 0.15) is 11.6 Å². The highest BCUT2D eigenvalue weighted by molar-refractivity contribution is 7.10. The number of hydrogen-bond acceptors (Lipinski definition) is 6. The summed E-state index contributed by atoms with van der Waals surface area (Å²) in [6.45, 7) is 6.03. The molecule has 34 heavy (non-hydrogen) atoms. The summed E-state index contributed by atoms with van der Waals surface area (Å²) in [5.41, 5.74) is 4.80. The Morgan fingerprint density at radius 2 is 1.94 bits per heavy atom. The molecule has 5 rings (SSSR count). The van der Waals surface area contributed by atoms with Gasteiger partial charge < -0.3 is 20.3 Å². The van der Waals surface area contributed by atoms with Gasteiger partial charge in [0.05, 0.1) is 25.5 Å². The third-order valence-electron chi connectivity index (χ3n) is 6.29. The topological polar surface area (TPSA) is 49.4 Å². The van der Waals surface area contributed by atoms with Crippen LogP contribution in [0.5, 0.6) is 0 Å². The molecule has 0 aliphatic carbocycles. The Morgan fingerprint density at radius 1 is 1.12 bits per heavy atom. The summed E-state index contributed by atoms with van der Waals surface area (Å²) < 4.78 is 20.0. The zero-order valence-electron chi connectivity index (χ0n) is 19.5. The van der Waals surface area contributed by atoms with Gasteiger partial charge in [0, 0.05) is 41.0 Å². The summed E-state index contributed by atoms with van der Waals surface area (Å²) in [7, 11) is 1.96. The first-order chi connectivity index (χ1) is 16.6. The lowest BCUT2D eigenvalue weighted by Gasteiger charge is -2.29. The molecular formula is C27H29FN4OS. The minimum atomic E-state index is -0.304. The monoisotopic (exact) mass is 476 g/mol. The highest BCUT2D eigenvalue weighted by Gasteiger charge is 2.17. The molecule has 1 fully saturated rings. The molecule has 4 aromatic rings. The average molecular weight is 477 g/mol. The van der Waals surface area contributed by atoms with Crippen LogP contribution in [-0.4, -0.2) is 38.3 Å². The highest BCUT2D eigenvalue weighted by Crippen LogP contribution is 2.35. The fourth-order valence-corrected chi connectivity index (χ4v) is 5.39. The van der Waals surface area contributed by atoms with Gasteiger partial charge in [0.15, 0.2) is 0 Å². The second-order valence-electron chi connectivity index (χ2n) is 8.58. The number of pyridine rings is 1. The van der Waals surface area contributed by atoms with Gasteiger partial charge in [-0.05, 0) is 60.3 Å². The Bertz CT molecular complexity index is 1280. The van der Waals surface area contributed by atoms with E-state index in [9.17, 15) is 4.39 Å². The van der Waals surface area contributed by atoms with Gasteiger partial charge in [-0.2, -0.15) is 0 Å². The summed E-state index contributed by atoms with van der Waals surface area (Å²) in [4.78, 5) is 7.91. The number of benzene rings is 2. The van der Waals surface area contributed by atoms with Crippen molar-refractivity contribution in [3.05, 3.63) is 76.4 Å². The molecule has 2 aromatic carbocycles. The van der Waals surface area contributed by atoms with Gasteiger partial charge >= 0.3 is 0 Å². The van der Waals surface area contributed by atoms with Crippen molar-refractivity contribution in [3.63, 3.8) is 0 Å². The molecule has 0 amide bonds. The second kappa shape index (κ2) is 10.1. The van der Waals surface area contributed by atoms with Crippen LogP contribution in [0.4, 0.5) is 15.9 Å². The lowest BCUT2D eigenvalue weighted by Crippen LogP contribution is -2.36. The molecule has 1 saturated heterocycles. The number of morpholine rings is 1. The molecule has 0 spiro atoms. The van der Waals surface area contributed by atoms with E-state index in [1.165, 1.54) is 27.8 Å². The molecule has 7 heteroatoms. The molecular weight excluding hydrogens is 447 g/mol. The van der Waals surface area contributed by atoms with Crippen LogP contribution >= 0.6 is 11.3 Å². The fraction of sp³-hybridized carbons (Fsp3) is 0.296. The lowest BCUT2D eigenvalue weighted by atomic mass is 10.0. The molecule has 1 aliphatic rings. The van der Waals surface area contributed by atoms with Crippen molar-refractivity contribution in [2.75, 3.05) is 43.6 Å². The standard InChI is InChI=1S/C27H29FN4OS/c1-18(26-13-20(17-34-26)22-6-4-3-5-19(22)15-29-2)31-27-24-14-21(32-9-11-33-12-10-32)7-8-23(24)25(28)16-30-27/h3-8,13-14,16-18,29H,9-12,15H2,1-2H3,(H,30,31)/t18-/m1/s1. The van der Waals surface area contributed by atoms with Crippen molar-refractivity contribution in [2.24, 2.45) is 0 Å². The van der Waals surface area contributed by atoms with Gasteiger partial charge in [0.25, 0.3) is 0 Å². The zero-order valence-corrected chi connectivity index (χ0v) is 20.3. The van der Waals surface area contributed by atoms with Crippen LogP contribution in [0.3, 0.4) is 0 Å². The average Bonchev–Trinajstić information content (AvgIpc) is 3.37. The van der Waals surface area contributed by atoms with Crippen molar-refractivity contribution in [2.45, 2.75) is 19.5 Å². The Labute approximate surface area is 203 Å². The highest BCUT2D eigenvalue weighted by atomic mass is 32.1. The molecule has 3 heterocycles. The number of nitrogens with zero attached hydrogens (tertiary/aromatic N) is 2. The summed E-state index contributed by atoms with van der Waals surface area (Å²) in [5, 5.41) is 10.4. The van der Waals surface area contributed by atoms with Gasteiger partial charge in [0.2, 0.25) is 0 Å². The number of anilines is 2. The molecule has 1 aliphatic heterocycles. The Kier molecular flexibility index (Phi) is 6.76. The number of hydrogen-bond donors (Lipinski definition) is 2. The van der Waals surface area contributed by atoms with Crippen molar-refractivity contribution in [3.8, 4) is 11.1 Å². The third kappa shape index (κ3) is 4.64. The fourth-order valence-electron chi connectivity index (χ4n) is 4.47. The minimum absolute atomic E-state index is 0.0309. The first-order valence-corrected chi connectivity index (χ1v) is 12.5. The molecule has 176 valence electrons. The van der Waals surface area contributed by atoms with Crippen LogP contribution in [0.15, 0.2) is 60.1 Å². The van der Waals surface area contributed by atoms with E-state index in [0.29, 0.717) is 24.4 Å². The molecule has 2 N–H and O–H groups in total. The van der Waals surface area contributed by atoms with Crippen LogP contribution in [0.25, 0.3) is 21.9 Å². The van der Waals surface area contributed by atoms with Crippen LogP contribution < -0.4 is 15.5 Å². The number of rotatable bonds is 7. The number of ether oxygens (including phenoxy) is 1. The Balaban J connectivity index is 1.43. The first kappa shape index (κ1) is 22.8. The maximum absolute atomic E-state index is 14.6. The Hall–Kier alpha value is -3.00. The molecule has 0 radical (unpaired) electrons. The van der Waals surface area contributed by atoms with Crippen molar-refractivity contribution in [1.82, 2.24) is 10.3 Å². The van der Waals surface area contributed by atoms with Crippen LogP contribution in [0.1, 0.15) is 23.4 Å². The van der Waals surface area contributed by atoms with Crippen molar-refractivity contribution in [1.29, 1.82) is 0 Å². The van der Waals surface area contributed by atoms with E-state index >= 15 is 0 Å². The summed E-state index contributed by atoms with van der Waals surface area (Å²) in [6.07, 6.45) is 1.31. The third-order valence-corrected chi connectivity index (χ3v) is 7.41. The van der Waals surface area contributed by atoms with E-state index in [4.69, 9.17) is 4.74 Å². The van der Waals surface area contributed by atoms with Crippen LogP contribution in [-0.2, 0) is 11.3 Å². The predicted molar refractivity (Wildman–Crippen MR) is 139 cm³/mol. The normalized spacial score (nSPS) is 15.0. The summed E-state index contributed by atoms with van der Waals surface area (Å²) in [5.74, 6) is 0.394. The molecule has 1 atom stereocenters. The summed E-state index contributed by atoms with van der Waals surface area (Å²) in [6, 6.07) is 16.6. The number of fused-ring (bicyclic) bond motifs is 1. The quantitative estimate of drug-likeness (QED) is 0.351. The second-order valence-corrected chi connectivity index (χ2v) is 9.52. The zero-order chi connectivity index (χ0) is 23.5. The number of thiophene rings is 1. The summed E-state index contributed by atoms with van der Waals surface area (Å²) >= 11 is 1.73. The first-order valence-electron chi connectivity index (χ1n) is 11.6. The molecule has 2 aromatic heterocycles. The van der Waals surface area contributed by atoms with Gasteiger partial charge in [-0.3, -0.25) is 0 Å². The van der Waals surface area contributed by atoms with Crippen molar-refractivity contribution >= 4 is 33.6 Å². The lowest BCUT2D eigenvalue weighted by molar-refractivity contribution is 0.122. The van der Waals surface area contributed by atoms with Gasteiger partial charge in [-0.1, -0.05) is 24.3 Å². The van der Waals surface area contributed by atoms with E-state index in [0.717, 1.165) is 30.7 Å².